The number of ketones is 1. The highest BCUT2D eigenvalue weighted by atomic mass is 32.2. The van der Waals surface area contributed by atoms with Crippen LogP contribution in [0.5, 0.6) is 0 Å². The van der Waals surface area contributed by atoms with Crippen molar-refractivity contribution >= 4 is 37.2 Å². The molecule has 0 atom stereocenters. The molecule has 2 aliphatic rings. The highest BCUT2D eigenvalue weighted by molar-refractivity contribution is 7.93. The largest absolute Gasteiger partial charge is 0.415 e. The van der Waals surface area contributed by atoms with Crippen LogP contribution in [-0.4, -0.2) is 101 Å². The number of carbonyl (C=O) groups is 1. The van der Waals surface area contributed by atoms with Crippen molar-refractivity contribution in [3.63, 3.8) is 0 Å². The zero-order valence-electron chi connectivity index (χ0n) is 37.5. The molecule has 5 aromatic rings. The van der Waals surface area contributed by atoms with Gasteiger partial charge >= 0.3 is 6.43 Å². The molecule has 0 spiro atoms. The van der Waals surface area contributed by atoms with Gasteiger partial charge in [0.15, 0.2) is 5.78 Å². The Morgan fingerprint density at radius 2 is 1.18 bits per heavy atom. The van der Waals surface area contributed by atoms with Crippen molar-refractivity contribution < 1.29 is 43.6 Å². The number of Topliss-reactive ketones (excluding diaryl/α,β-unsaturated/α-hetero) is 1. The highest BCUT2D eigenvalue weighted by Crippen LogP contribution is 2.34. The smallest absolute Gasteiger partial charge is 0.314 e. The van der Waals surface area contributed by atoms with Crippen molar-refractivity contribution in [3.8, 4) is 11.5 Å². The van der Waals surface area contributed by atoms with E-state index in [1.165, 1.54) is 32.9 Å². The summed E-state index contributed by atoms with van der Waals surface area (Å²) in [6, 6.07) is 22.9. The summed E-state index contributed by atoms with van der Waals surface area (Å²) in [4.78, 5) is 16.3. The first-order valence-corrected chi connectivity index (χ1v) is 25.1. The summed E-state index contributed by atoms with van der Waals surface area (Å²) < 4.78 is 114. The van der Waals surface area contributed by atoms with Gasteiger partial charge in [0, 0.05) is 22.3 Å². The molecule has 1 aromatic heterocycles. The fraction of sp³-hybridized carbons (Fsp3) is 0.426. The Bertz CT molecular complexity index is 2670. The van der Waals surface area contributed by atoms with E-state index in [2.05, 4.69) is 34.1 Å². The van der Waals surface area contributed by atoms with Gasteiger partial charge in [0.25, 0.3) is 5.89 Å². The summed E-state index contributed by atoms with van der Waals surface area (Å²) in [6.07, 6.45) is 1.08. The molecule has 2 N–H and O–H groups in total. The number of carbonyl (C=O) groups excluding carboxylic acids is 1. The van der Waals surface area contributed by atoms with Crippen LogP contribution in [0.2, 0.25) is 0 Å². The van der Waals surface area contributed by atoms with Crippen molar-refractivity contribution in [2.24, 2.45) is 5.73 Å². The van der Waals surface area contributed by atoms with E-state index in [9.17, 15) is 34.8 Å². The fourth-order valence-corrected chi connectivity index (χ4v) is 10.3. The van der Waals surface area contributed by atoms with Gasteiger partial charge in [-0.2, -0.15) is 8.78 Å². The van der Waals surface area contributed by atoms with Crippen molar-refractivity contribution in [2.75, 3.05) is 66.9 Å². The number of likely N-dealkylation sites (tertiary alicyclic amines) is 2. The van der Waals surface area contributed by atoms with E-state index in [-0.39, 0.29) is 65.1 Å². The number of aromatic nitrogens is 2. The second-order valence-corrected chi connectivity index (χ2v) is 21.0. The molecule has 4 aromatic carbocycles. The third-order valence-electron chi connectivity index (χ3n) is 12.2. The van der Waals surface area contributed by atoms with Crippen molar-refractivity contribution in [3.05, 3.63) is 130 Å². The summed E-state index contributed by atoms with van der Waals surface area (Å²) >= 11 is 0. The predicted octanol–water partition coefficient (Wildman–Crippen LogP) is 8.11. The van der Waals surface area contributed by atoms with E-state index in [1.807, 2.05) is 36.4 Å². The van der Waals surface area contributed by atoms with Crippen LogP contribution in [0.15, 0.2) is 89.3 Å². The normalized spacial score (nSPS) is 15.7. The number of benzene rings is 4. The molecule has 7 rings (SSSR count). The Kier molecular flexibility index (Phi) is 16.8. The highest BCUT2D eigenvalue weighted by Gasteiger charge is 2.27. The van der Waals surface area contributed by atoms with E-state index in [1.54, 1.807) is 26.0 Å². The molecule has 13 nitrogen and oxygen atoms in total. The van der Waals surface area contributed by atoms with E-state index in [4.69, 9.17) is 10.2 Å². The fourth-order valence-electron chi connectivity index (χ4n) is 8.09. The monoisotopic (exact) mass is 955 g/mol. The summed E-state index contributed by atoms with van der Waals surface area (Å²) in [5.74, 6) is -2.33. The van der Waals surface area contributed by atoms with Crippen LogP contribution in [0.25, 0.3) is 11.5 Å². The maximum atomic E-state index is 15.0. The average Bonchev–Trinajstić information content (AvgIpc) is 3.82. The molecule has 0 unspecified atom stereocenters. The molecule has 0 aliphatic carbocycles. The van der Waals surface area contributed by atoms with Crippen molar-refractivity contribution in [1.29, 1.82) is 0 Å². The predicted molar refractivity (Wildman–Crippen MR) is 248 cm³/mol. The lowest BCUT2D eigenvalue weighted by molar-refractivity contribution is 0.100. The first kappa shape index (κ1) is 50.2. The Morgan fingerprint density at radius 1 is 0.712 bits per heavy atom. The molecule has 356 valence electrons. The number of nitrogens with two attached hydrogens (primary N) is 1. The minimum atomic E-state index is -3.72. The van der Waals surface area contributed by atoms with Gasteiger partial charge < -0.3 is 20.0 Å². The Labute approximate surface area is 384 Å². The molecule has 3 heterocycles. The number of piperidine rings is 2. The maximum absolute atomic E-state index is 15.0. The number of alkyl halides is 2. The van der Waals surface area contributed by atoms with Gasteiger partial charge in [-0.25, -0.2) is 25.6 Å². The maximum Gasteiger partial charge on any atom is 0.314 e. The number of hydrogen-bond acceptors (Lipinski definition) is 11. The molecule has 0 bridgehead atoms. The lowest BCUT2D eigenvalue weighted by Crippen LogP contribution is -2.32. The summed E-state index contributed by atoms with van der Waals surface area (Å²) in [5.41, 5.74) is 9.15. The number of nitrogens with zero attached hydrogens (tertiary/aromatic N) is 6. The lowest BCUT2D eigenvalue weighted by Gasteiger charge is -2.30. The number of halogens is 4. The third-order valence-corrected chi connectivity index (χ3v) is 15.7. The first-order chi connectivity index (χ1) is 31.4. The standard InChI is InChI=1S/C24H27F3N4O3S.C23H30FN3O3S/c1-3-35(32,33)31(20-6-4-5-17(13-20)16-9-11-30(2)12-10-16)15-19-8-7-18(14-21(19)25)23-28-29-24(34-23)22(26)27;1-3-31(29,30)27(16-20-8-7-19(14-22(20)24)23(28)15-25)21-6-4-5-18(13-21)17-9-11-26(2)12-10-17/h4-8,13-14,16,22H,3,9-12,15H2,1-2H3;4-8,13-14,17H,3,9-12,15-16,25H2,1-2H3. The number of sulfonamides is 2. The van der Waals surface area contributed by atoms with Crippen LogP contribution in [0.3, 0.4) is 0 Å². The number of hydrogen-bond donors (Lipinski definition) is 1. The topological polar surface area (TPSA) is 163 Å². The Morgan fingerprint density at radius 3 is 1.59 bits per heavy atom. The van der Waals surface area contributed by atoms with Crippen LogP contribution in [-0.2, 0) is 33.1 Å². The van der Waals surface area contributed by atoms with Crippen LogP contribution in [0, 0.1) is 11.6 Å². The van der Waals surface area contributed by atoms with Gasteiger partial charge in [-0.1, -0.05) is 42.5 Å². The first-order valence-electron chi connectivity index (χ1n) is 21.9. The van der Waals surface area contributed by atoms with Crippen molar-refractivity contribution in [2.45, 2.75) is 70.9 Å². The zero-order valence-corrected chi connectivity index (χ0v) is 39.2. The van der Waals surface area contributed by atoms with Gasteiger partial charge in [-0.05, 0) is 145 Å². The Hall–Kier alpha value is -5.21. The summed E-state index contributed by atoms with van der Waals surface area (Å²) in [5, 5.41) is 6.77. The van der Waals surface area contributed by atoms with E-state index in [0.29, 0.717) is 23.2 Å². The molecular formula is C47H57F4N7O6S2. The SMILES string of the molecule is CCS(=O)(=O)N(Cc1ccc(-c2nnc(C(F)F)o2)cc1F)c1cccc(C2CCN(C)CC2)c1.CCS(=O)(=O)N(Cc1ccc(C(=O)CN)cc1F)c1cccc(C2CCN(C)CC2)c1. The molecule has 0 radical (unpaired) electrons. The molecule has 2 saturated heterocycles. The lowest BCUT2D eigenvalue weighted by atomic mass is 9.89. The van der Waals surface area contributed by atoms with Gasteiger partial charge in [0.1, 0.15) is 11.6 Å². The minimum Gasteiger partial charge on any atom is -0.415 e. The molecular weight excluding hydrogens is 899 g/mol. The summed E-state index contributed by atoms with van der Waals surface area (Å²) in [6.45, 7) is 6.50. The molecule has 19 heteroatoms. The Balaban J connectivity index is 0.000000220. The van der Waals surface area contributed by atoms with Gasteiger partial charge in [-0.15, -0.1) is 10.2 Å². The van der Waals surface area contributed by atoms with Gasteiger partial charge in [0.05, 0.1) is 42.5 Å². The molecule has 2 fully saturated rings. The number of anilines is 2. The second kappa shape index (κ2) is 22.1. The number of rotatable bonds is 16. The van der Waals surface area contributed by atoms with Crippen molar-refractivity contribution in [1.82, 2.24) is 20.0 Å². The van der Waals surface area contributed by atoms with Crippen LogP contribution >= 0.6 is 0 Å². The summed E-state index contributed by atoms with van der Waals surface area (Å²) in [7, 11) is -3.18. The molecule has 0 amide bonds. The minimum absolute atomic E-state index is 0.100. The molecule has 0 saturated carbocycles. The van der Waals surface area contributed by atoms with E-state index in [0.717, 1.165) is 75.1 Å². The second-order valence-electron chi connectivity index (χ2n) is 16.6. The average molecular weight is 956 g/mol. The van der Waals surface area contributed by atoms with E-state index >= 15 is 4.39 Å². The van der Waals surface area contributed by atoms with Gasteiger partial charge in [0.2, 0.25) is 25.9 Å². The van der Waals surface area contributed by atoms with Crippen LogP contribution < -0.4 is 14.3 Å². The third kappa shape index (κ3) is 12.4. The quantitative estimate of drug-likeness (QED) is 0.0751. The van der Waals surface area contributed by atoms with E-state index < -0.39 is 44.0 Å². The van der Waals surface area contributed by atoms with Gasteiger partial charge in [-0.3, -0.25) is 13.4 Å². The molecule has 66 heavy (non-hydrogen) atoms. The van der Waals surface area contributed by atoms with Crippen LogP contribution in [0.1, 0.15) is 96.3 Å². The molecule has 2 aliphatic heterocycles. The van der Waals surface area contributed by atoms with Crippen LogP contribution in [0.4, 0.5) is 28.9 Å². The zero-order chi connectivity index (χ0) is 47.8.